The van der Waals surface area contributed by atoms with Gasteiger partial charge in [0.05, 0.1) is 11.9 Å². The number of anilines is 1. The predicted molar refractivity (Wildman–Crippen MR) is 189 cm³/mol. The second kappa shape index (κ2) is 14.2. The van der Waals surface area contributed by atoms with Crippen molar-refractivity contribution < 1.29 is 40.6 Å². The standard InChI is InChI=1S/C34H43BrF6IN5O3/c1-31(2,3)50-30(48)47-18-32(19-47)8-14-46(15-9-32)28-23-17-24(42)26(35)25(22-16-20(22)4-7-33(36,37)38)27(23)43-29(44-28)49-21-5-11-45(12-6-21)13-10-34(39,40)41/h17,20-22H,4-16,18-19H2,1-3H3. The van der Waals surface area contributed by atoms with E-state index in [0.717, 1.165) is 31.8 Å². The van der Waals surface area contributed by atoms with E-state index >= 15 is 0 Å². The minimum absolute atomic E-state index is 0.00200. The minimum Gasteiger partial charge on any atom is -0.460 e. The normalized spacial score (nSPS) is 23.3. The van der Waals surface area contributed by atoms with E-state index in [1.54, 1.807) is 9.80 Å². The van der Waals surface area contributed by atoms with Crippen LogP contribution in [0.3, 0.4) is 0 Å². The minimum atomic E-state index is -4.22. The number of piperidine rings is 2. The number of ether oxygens (including phenoxy) is 2. The third-order valence-electron chi connectivity index (χ3n) is 10.3. The van der Waals surface area contributed by atoms with Crippen LogP contribution in [0, 0.1) is 14.9 Å². The van der Waals surface area contributed by atoms with E-state index in [2.05, 4.69) is 43.4 Å². The Morgan fingerprint density at radius 2 is 1.64 bits per heavy atom. The summed E-state index contributed by atoms with van der Waals surface area (Å²) in [4.78, 5) is 28.2. The van der Waals surface area contributed by atoms with Gasteiger partial charge in [0, 0.05) is 71.1 Å². The number of nitrogens with zero attached hydrogens (tertiary/aromatic N) is 5. The Morgan fingerprint density at radius 3 is 2.24 bits per heavy atom. The zero-order chi connectivity index (χ0) is 36.2. The summed E-state index contributed by atoms with van der Waals surface area (Å²) >= 11 is 5.97. The van der Waals surface area contributed by atoms with Gasteiger partial charge < -0.3 is 24.2 Å². The van der Waals surface area contributed by atoms with Crippen molar-refractivity contribution in [3.8, 4) is 6.01 Å². The summed E-state index contributed by atoms with van der Waals surface area (Å²) in [6.45, 7) is 9.06. The van der Waals surface area contributed by atoms with Gasteiger partial charge in [0.2, 0.25) is 0 Å². The van der Waals surface area contributed by atoms with Gasteiger partial charge >= 0.3 is 24.5 Å². The average Bonchev–Trinajstić information content (AvgIpc) is 3.77. The molecule has 4 aliphatic rings. The lowest BCUT2D eigenvalue weighted by Crippen LogP contribution is -2.62. The van der Waals surface area contributed by atoms with E-state index in [1.807, 2.05) is 26.8 Å². The van der Waals surface area contributed by atoms with Gasteiger partial charge in [0.1, 0.15) is 17.5 Å². The molecule has 1 spiro atoms. The number of fused-ring (bicyclic) bond motifs is 1. The Hall–Kier alpha value is -1.82. The number of rotatable bonds is 8. The number of amides is 1. The molecule has 278 valence electrons. The highest BCUT2D eigenvalue weighted by molar-refractivity contribution is 14.1. The summed E-state index contributed by atoms with van der Waals surface area (Å²) in [6, 6.07) is 2.18. The summed E-state index contributed by atoms with van der Waals surface area (Å²) in [5.41, 5.74) is 0.957. The van der Waals surface area contributed by atoms with Crippen LogP contribution in [0.5, 0.6) is 6.01 Å². The molecule has 8 nitrogen and oxygen atoms in total. The number of hydrogen-bond acceptors (Lipinski definition) is 7. The molecule has 2 atom stereocenters. The first-order chi connectivity index (χ1) is 23.3. The molecule has 1 aromatic heterocycles. The molecular formula is C34H43BrF6IN5O3. The molecule has 3 saturated heterocycles. The van der Waals surface area contributed by atoms with Gasteiger partial charge in [-0.25, -0.2) is 4.79 Å². The van der Waals surface area contributed by atoms with Crippen LogP contribution in [0.4, 0.5) is 37.0 Å². The predicted octanol–water partition coefficient (Wildman–Crippen LogP) is 9.08. The largest absolute Gasteiger partial charge is 0.460 e. The highest BCUT2D eigenvalue weighted by Crippen LogP contribution is 2.56. The van der Waals surface area contributed by atoms with Crippen molar-refractivity contribution in [3.63, 3.8) is 0 Å². The van der Waals surface area contributed by atoms with Crippen molar-refractivity contribution >= 4 is 61.3 Å². The highest BCUT2D eigenvalue weighted by Gasteiger charge is 2.49. The van der Waals surface area contributed by atoms with Crippen LogP contribution in [0.25, 0.3) is 10.9 Å². The van der Waals surface area contributed by atoms with E-state index < -0.39 is 30.8 Å². The average molecular weight is 891 g/mol. The maximum atomic E-state index is 13.1. The molecular weight excluding hydrogens is 847 g/mol. The third kappa shape index (κ3) is 9.21. The second-order valence-electron chi connectivity index (χ2n) is 15.4. The molecule has 1 aliphatic carbocycles. The van der Waals surface area contributed by atoms with Crippen molar-refractivity contribution in [2.45, 2.75) is 102 Å². The fourth-order valence-electron chi connectivity index (χ4n) is 7.51. The van der Waals surface area contributed by atoms with Gasteiger partial charge in [-0.05, 0) is 121 Å². The molecule has 1 amide bonds. The number of carbonyl (C=O) groups excluding carboxylic acids is 1. The lowest BCUT2D eigenvalue weighted by atomic mass is 9.72. The number of carbonyl (C=O) groups is 1. The molecule has 1 saturated carbocycles. The smallest absolute Gasteiger partial charge is 0.410 e. The number of alkyl halides is 6. The number of hydrogen-bond donors (Lipinski definition) is 0. The Morgan fingerprint density at radius 1 is 1.00 bits per heavy atom. The maximum absolute atomic E-state index is 13.1. The van der Waals surface area contributed by atoms with Gasteiger partial charge in [-0.3, -0.25) is 0 Å². The summed E-state index contributed by atoms with van der Waals surface area (Å²) in [5.74, 6) is 0.499. The fraction of sp³-hybridized carbons (Fsp3) is 0.735. The van der Waals surface area contributed by atoms with Gasteiger partial charge in [-0.15, -0.1) is 0 Å². The molecule has 0 N–H and O–H groups in total. The zero-order valence-electron chi connectivity index (χ0n) is 28.4. The first-order valence-corrected chi connectivity index (χ1v) is 19.1. The lowest BCUT2D eigenvalue weighted by Gasteiger charge is -2.53. The van der Waals surface area contributed by atoms with Crippen molar-refractivity contribution in [3.05, 3.63) is 19.7 Å². The van der Waals surface area contributed by atoms with Crippen LogP contribution in [-0.4, -0.2) is 95.7 Å². The van der Waals surface area contributed by atoms with Gasteiger partial charge in [0.25, 0.3) is 0 Å². The first-order valence-electron chi connectivity index (χ1n) is 17.2. The summed E-state index contributed by atoms with van der Waals surface area (Å²) < 4.78 is 91.3. The molecule has 0 bridgehead atoms. The van der Waals surface area contributed by atoms with E-state index in [4.69, 9.17) is 19.4 Å². The number of halogens is 8. The second-order valence-corrected chi connectivity index (χ2v) is 17.4. The molecule has 16 heteroatoms. The first kappa shape index (κ1) is 37.9. The quantitative estimate of drug-likeness (QED) is 0.194. The number of likely N-dealkylation sites (tertiary alicyclic amines) is 2. The summed E-state index contributed by atoms with van der Waals surface area (Å²) in [6.07, 6.45) is -7.26. The topological polar surface area (TPSA) is 71.0 Å². The van der Waals surface area contributed by atoms with Crippen LogP contribution in [0.15, 0.2) is 10.5 Å². The van der Waals surface area contributed by atoms with Crippen molar-refractivity contribution in [1.29, 1.82) is 0 Å². The zero-order valence-corrected chi connectivity index (χ0v) is 32.1. The molecule has 4 heterocycles. The molecule has 3 aliphatic heterocycles. The van der Waals surface area contributed by atoms with Crippen molar-refractivity contribution in [2.75, 3.05) is 50.7 Å². The van der Waals surface area contributed by atoms with E-state index in [0.29, 0.717) is 69.9 Å². The van der Waals surface area contributed by atoms with Crippen molar-refractivity contribution in [1.82, 2.24) is 19.8 Å². The van der Waals surface area contributed by atoms with Gasteiger partial charge in [-0.2, -0.15) is 36.3 Å². The maximum Gasteiger partial charge on any atom is 0.410 e. The van der Waals surface area contributed by atoms with E-state index in [1.165, 1.54) is 0 Å². The highest BCUT2D eigenvalue weighted by atomic mass is 127. The van der Waals surface area contributed by atoms with Gasteiger partial charge in [-0.1, -0.05) is 0 Å². The Balaban J connectivity index is 1.23. The lowest BCUT2D eigenvalue weighted by molar-refractivity contribution is -0.139. The van der Waals surface area contributed by atoms with Crippen LogP contribution in [0.1, 0.15) is 83.6 Å². The fourth-order valence-corrected chi connectivity index (χ4v) is 8.71. The molecule has 2 unspecified atom stereocenters. The molecule has 0 radical (unpaired) electrons. The molecule has 4 fully saturated rings. The molecule has 1 aromatic carbocycles. The van der Waals surface area contributed by atoms with Crippen LogP contribution in [0.2, 0.25) is 0 Å². The summed E-state index contributed by atoms with van der Waals surface area (Å²) in [7, 11) is 0. The van der Waals surface area contributed by atoms with Crippen molar-refractivity contribution in [2.24, 2.45) is 11.3 Å². The third-order valence-corrected chi connectivity index (χ3v) is 12.8. The Labute approximate surface area is 310 Å². The van der Waals surface area contributed by atoms with Crippen LogP contribution < -0.4 is 9.64 Å². The summed E-state index contributed by atoms with van der Waals surface area (Å²) in [5, 5.41) is 0.809. The SMILES string of the molecule is CC(C)(C)OC(=O)N1CC2(CCN(c3nc(OC4CCN(CCC(F)(F)F)CC4)nc4c(C5CC5CCC(F)(F)F)c(Br)c(I)cc34)CC2)C1. The Kier molecular flexibility index (Phi) is 10.8. The molecule has 2 aromatic rings. The van der Waals surface area contributed by atoms with Crippen LogP contribution in [-0.2, 0) is 4.74 Å². The van der Waals surface area contributed by atoms with Crippen LogP contribution >= 0.6 is 38.5 Å². The van der Waals surface area contributed by atoms with E-state index in [9.17, 15) is 31.1 Å². The Bertz CT molecular complexity index is 1560. The molecule has 6 rings (SSSR count). The number of aromatic nitrogens is 2. The molecule has 50 heavy (non-hydrogen) atoms. The number of benzene rings is 1. The monoisotopic (exact) mass is 889 g/mol. The van der Waals surface area contributed by atoms with Gasteiger partial charge in [0.15, 0.2) is 0 Å². The van der Waals surface area contributed by atoms with E-state index in [-0.39, 0.29) is 48.4 Å².